The minimum absolute atomic E-state index is 0.0186. The van der Waals surface area contributed by atoms with Crippen molar-refractivity contribution < 1.29 is 17.9 Å². The Bertz CT molecular complexity index is 1630. The smallest absolute Gasteiger partial charge is 0.339 e. The largest absolute Gasteiger partial charge is 0.456 e. The zero-order valence-electron chi connectivity index (χ0n) is 18.3. The average Bonchev–Trinajstić information content (AvgIpc) is 3.29. The molecule has 1 aliphatic carbocycles. The highest BCUT2D eigenvalue weighted by atomic mass is 32.2. The van der Waals surface area contributed by atoms with Gasteiger partial charge in [-0.25, -0.2) is 27.9 Å². The predicted octanol–water partition coefficient (Wildman–Crippen LogP) is 2.40. The Morgan fingerprint density at radius 3 is 2.79 bits per heavy atom. The maximum atomic E-state index is 13.2. The number of carbonyl (C=O) groups is 1. The van der Waals surface area contributed by atoms with E-state index in [9.17, 15) is 18.0 Å². The van der Waals surface area contributed by atoms with Gasteiger partial charge in [0.15, 0.2) is 20.4 Å². The predicted molar refractivity (Wildman–Crippen MR) is 125 cm³/mol. The molecule has 176 valence electrons. The fraction of sp³-hybridized carbons (Fsp3) is 0.409. The number of fused-ring (bicyclic) bond motifs is 2. The highest BCUT2D eigenvalue weighted by Crippen LogP contribution is 2.41. The van der Waals surface area contributed by atoms with Gasteiger partial charge in [-0.1, -0.05) is 0 Å². The van der Waals surface area contributed by atoms with E-state index in [1.165, 1.54) is 21.8 Å². The molecule has 1 saturated heterocycles. The van der Waals surface area contributed by atoms with Crippen LogP contribution in [-0.4, -0.2) is 50.0 Å². The Morgan fingerprint density at radius 1 is 1.24 bits per heavy atom. The number of nitrogens with zero attached hydrogens (tertiary/aromatic N) is 5. The third-order valence-electron chi connectivity index (χ3n) is 6.33. The molecule has 2 aliphatic rings. The summed E-state index contributed by atoms with van der Waals surface area (Å²) in [5, 5.41) is 6.92. The van der Waals surface area contributed by atoms with Crippen LogP contribution in [0.4, 0.5) is 0 Å². The first kappa shape index (κ1) is 21.4. The minimum atomic E-state index is -3.11. The second kappa shape index (κ2) is 7.70. The number of aryl methyl sites for hydroxylation is 1. The lowest BCUT2D eigenvalue weighted by Crippen LogP contribution is -2.15. The zero-order chi connectivity index (χ0) is 23.6. The Hall–Kier alpha value is -3.12. The van der Waals surface area contributed by atoms with Crippen molar-refractivity contribution in [3.8, 4) is 0 Å². The fourth-order valence-electron chi connectivity index (χ4n) is 4.48. The van der Waals surface area contributed by atoms with E-state index in [1.807, 2.05) is 0 Å². The average molecular weight is 500 g/mol. The first-order chi connectivity index (χ1) is 16.3. The number of thiazole rings is 1. The first-order valence-electron chi connectivity index (χ1n) is 11.0. The van der Waals surface area contributed by atoms with E-state index in [0.29, 0.717) is 39.4 Å². The summed E-state index contributed by atoms with van der Waals surface area (Å²) in [6.45, 7) is 1.64. The van der Waals surface area contributed by atoms with Crippen LogP contribution in [0.3, 0.4) is 0 Å². The van der Waals surface area contributed by atoms with E-state index in [0.717, 1.165) is 18.5 Å². The molecule has 1 atom stereocenters. The van der Waals surface area contributed by atoms with Gasteiger partial charge in [-0.05, 0) is 32.3 Å². The molecular weight excluding hydrogens is 478 g/mol. The van der Waals surface area contributed by atoms with Crippen molar-refractivity contribution in [1.82, 2.24) is 24.1 Å². The standard InChI is InChI=1S/C22H21N5O5S2/c1-12-19-16(21(29)32-10-14-8-18(28)26-5-6-33-22(26)23-14)9-17(13-2-3-13)24-20(19)27(25-12)15-4-7-34(30,31)11-15/h5-6,8-9,13,15H,2-4,7,10-11H2,1H3. The van der Waals surface area contributed by atoms with Gasteiger partial charge in [0.05, 0.1) is 39.9 Å². The molecule has 0 aromatic carbocycles. The van der Waals surface area contributed by atoms with Crippen molar-refractivity contribution in [2.45, 2.75) is 44.8 Å². The molecule has 4 aromatic heterocycles. The monoisotopic (exact) mass is 499 g/mol. The van der Waals surface area contributed by atoms with Crippen molar-refractivity contribution in [2.24, 2.45) is 0 Å². The van der Waals surface area contributed by atoms with E-state index < -0.39 is 15.8 Å². The van der Waals surface area contributed by atoms with Crippen LogP contribution in [0.1, 0.15) is 58.7 Å². The van der Waals surface area contributed by atoms with Crippen molar-refractivity contribution in [1.29, 1.82) is 0 Å². The lowest BCUT2D eigenvalue weighted by molar-refractivity contribution is 0.0470. The highest BCUT2D eigenvalue weighted by Gasteiger charge is 2.34. The number of carbonyl (C=O) groups excluding carboxylic acids is 1. The van der Waals surface area contributed by atoms with Gasteiger partial charge < -0.3 is 4.74 Å². The number of hydrogen-bond acceptors (Lipinski definition) is 9. The number of hydrogen-bond donors (Lipinski definition) is 0. The van der Waals surface area contributed by atoms with Crippen LogP contribution in [0.5, 0.6) is 0 Å². The van der Waals surface area contributed by atoms with Crippen molar-refractivity contribution in [3.05, 3.63) is 56.7 Å². The van der Waals surface area contributed by atoms with Crippen LogP contribution >= 0.6 is 11.3 Å². The van der Waals surface area contributed by atoms with E-state index in [2.05, 4.69) is 10.1 Å². The summed E-state index contributed by atoms with van der Waals surface area (Å²) in [7, 11) is -3.11. The molecule has 2 fully saturated rings. The molecule has 0 spiro atoms. The van der Waals surface area contributed by atoms with Gasteiger partial charge in [0, 0.05) is 29.3 Å². The molecule has 5 heterocycles. The lowest BCUT2D eigenvalue weighted by atomic mass is 10.1. The molecule has 4 aromatic rings. The van der Waals surface area contributed by atoms with E-state index in [1.54, 1.807) is 29.2 Å². The molecular formula is C22H21N5O5S2. The molecule has 34 heavy (non-hydrogen) atoms. The normalized spacial score (nSPS) is 19.7. The van der Waals surface area contributed by atoms with Crippen LogP contribution in [0.15, 0.2) is 28.5 Å². The number of pyridine rings is 1. The van der Waals surface area contributed by atoms with Crippen LogP contribution < -0.4 is 5.56 Å². The van der Waals surface area contributed by atoms with Gasteiger partial charge in [0.25, 0.3) is 5.56 Å². The molecule has 10 nitrogen and oxygen atoms in total. The van der Waals surface area contributed by atoms with Crippen LogP contribution in [-0.2, 0) is 21.2 Å². The number of sulfone groups is 1. The van der Waals surface area contributed by atoms with Gasteiger partial charge in [0.2, 0.25) is 0 Å². The summed E-state index contributed by atoms with van der Waals surface area (Å²) in [6.07, 6.45) is 4.10. The Balaban J connectivity index is 1.37. The van der Waals surface area contributed by atoms with Gasteiger partial charge in [-0.2, -0.15) is 5.10 Å². The number of esters is 1. The Labute approximate surface area is 198 Å². The quantitative estimate of drug-likeness (QED) is 0.383. The maximum Gasteiger partial charge on any atom is 0.339 e. The van der Waals surface area contributed by atoms with Crippen LogP contribution in [0.25, 0.3) is 16.0 Å². The molecule has 1 aliphatic heterocycles. The molecule has 0 amide bonds. The molecule has 1 saturated carbocycles. The Kier molecular flexibility index (Phi) is 4.85. The summed E-state index contributed by atoms with van der Waals surface area (Å²) in [5.74, 6) is -0.138. The highest BCUT2D eigenvalue weighted by molar-refractivity contribution is 7.91. The molecule has 0 bridgehead atoms. The third-order valence-corrected chi connectivity index (χ3v) is 8.84. The fourth-order valence-corrected chi connectivity index (χ4v) is 6.91. The molecule has 6 rings (SSSR count). The van der Waals surface area contributed by atoms with Crippen molar-refractivity contribution >= 4 is 43.1 Å². The van der Waals surface area contributed by atoms with Crippen LogP contribution in [0, 0.1) is 6.92 Å². The summed E-state index contributed by atoms with van der Waals surface area (Å²) in [5.41, 5.74) is 2.40. The second-order valence-corrected chi connectivity index (χ2v) is 12.0. The molecule has 0 N–H and O–H groups in total. The van der Waals surface area contributed by atoms with Gasteiger partial charge in [-0.15, -0.1) is 11.3 Å². The van der Waals surface area contributed by atoms with E-state index in [4.69, 9.17) is 9.72 Å². The zero-order valence-corrected chi connectivity index (χ0v) is 19.9. The summed E-state index contributed by atoms with van der Waals surface area (Å²) < 4.78 is 32.8. The number of rotatable bonds is 5. The summed E-state index contributed by atoms with van der Waals surface area (Å²) >= 11 is 1.33. The van der Waals surface area contributed by atoms with Gasteiger partial charge >= 0.3 is 5.97 Å². The number of ether oxygens (including phenoxy) is 1. The molecule has 1 unspecified atom stereocenters. The lowest BCUT2D eigenvalue weighted by Gasteiger charge is -2.12. The molecule has 0 radical (unpaired) electrons. The van der Waals surface area contributed by atoms with Crippen LogP contribution in [0.2, 0.25) is 0 Å². The van der Waals surface area contributed by atoms with Crippen molar-refractivity contribution in [2.75, 3.05) is 11.5 Å². The second-order valence-electron chi connectivity index (χ2n) is 8.87. The third kappa shape index (κ3) is 3.70. The first-order valence-corrected chi connectivity index (χ1v) is 13.7. The van der Waals surface area contributed by atoms with Gasteiger partial charge in [-0.3, -0.25) is 9.20 Å². The van der Waals surface area contributed by atoms with E-state index >= 15 is 0 Å². The van der Waals surface area contributed by atoms with E-state index in [-0.39, 0.29) is 35.6 Å². The Morgan fingerprint density at radius 2 is 2.06 bits per heavy atom. The van der Waals surface area contributed by atoms with Gasteiger partial charge in [0.1, 0.15) is 6.61 Å². The maximum absolute atomic E-state index is 13.2. The summed E-state index contributed by atoms with van der Waals surface area (Å²) in [6, 6.07) is 2.81. The number of aromatic nitrogens is 5. The summed E-state index contributed by atoms with van der Waals surface area (Å²) in [4.78, 5) is 35.2. The molecule has 12 heteroatoms. The SMILES string of the molecule is Cc1nn(C2CCS(=O)(=O)C2)c2nc(C3CC3)cc(C(=O)OCc3cc(=O)n4ccsc4n3)c12. The topological polar surface area (TPSA) is 126 Å². The minimum Gasteiger partial charge on any atom is -0.456 e. The van der Waals surface area contributed by atoms with Crippen molar-refractivity contribution in [3.63, 3.8) is 0 Å².